The monoisotopic (exact) mass is 457 g/mol. The molecule has 0 radical (unpaired) electrons. The van der Waals surface area contributed by atoms with Crippen LogP contribution in [0.15, 0.2) is 33.9 Å². The van der Waals surface area contributed by atoms with E-state index in [9.17, 15) is 24.3 Å². The van der Waals surface area contributed by atoms with Crippen molar-refractivity contribution in [2.75, 3.05) is 13.2 Å². The van der Waals surface area contributed by atoms with Gasteiger partial charge in [0.05, 0.1) is 13.2 Å². The van der Waals surface area contributed by atoms with Crippen molar-refractivity contribution >= 4 is 11.9 Å². The molecule has 1 heterocycles. The second kappa shape index (κ2) is 11.0. The van der Waals surface area contributed by atoms with Crippen LogP contribution in [0, 0.1) is 0 Å². The normalized spacial score (nSPS) is 14.1. The summed E-state index contributed by atoms with van der Waals surface area (Å²) in [5, 5.41) is 13.2. The third kappa shape index (κ3) is 5.35. The number of nitrogens with zero attached hydrogens (tertiary/aromatic N) is 2. The van der Waals surface area contributed by atoms with Gasteiger partial charge in [-0.05, 0) is 37.3 Å². The minimum atomic E-state index is -0.923. The van der Waals surface area contributed by atoms with Crippen molar-refractivity contribution in [1.82, 2.24) is 14.5 Å². The summed E-state index contributed by atoms with van der Waals surface area (Å²) in [5.74, 6) is -2.24. The molecule has 1 amide bonds. The summed E-state index contributed by atoms with van der Waals surface area (Å²) in [7, 11) is 0. The molecule has 1 saturated carbocycles. The van der Waals surface area contributed by atoms with Crippen molar-refractivity contribution < 1.29 is 19.4 Å². The highest BCUT2D eigenvalue weighted by Gasteiger charge is 2.29. The summed E-state index contributed by atoms with van der Waals surface area (Å²) in [6.07, 6.45) is 4.86. The number of amides is 1. The quantitative estimate of drug-likeness (QED) is 0.586. The van der Waals surface area contributed by atoms with Crippen molar-refractivity contribution in [2.45, 2.75) is 65.0 Å². The van der Waals surface area contributed by atoms with Gasteiger partial charge in [-0.1, -0.05) is 50.5 Å². The zero-order valence-corrected chi connectivity index (χ0v) is 19.1. The highest BCUT2D eigenvalue weighted by atomic mass is 16.5. The SMILES string of the molecule is CCOC(=O)CNC(=O)c1c(O)n(C2CCCCC2)c(=O)n(Cc2ccccc2CC)c1=O. The average molecular weight is 458 g/mol. The summed E-state index contributed by atoms with van der Waals surface area (Å²) >= 11 is 0. The Morgan fingerprint density at radius 2 is 1.76 bits per heavy atom. The van der Waals surface area contributed by atoms with Gasteiger partial charge in [-0.15, -0.1) is 0 Å². The van der Waals surface area contributed by atoms with E-state index in [0.717, 1.165) is 35.0 Å². The van der Waals surface area contributed by atoms with E-state index >= 15 is 0 Å². The molecule has 0 spiro atoms. The largest absolute Gasteiger partial charge is 0.494 e. The van der Waals surface area contributed by atoms with Crippen LogP contribution in [-0.4, -0.2) is 39.3 Å². The maximum atomic E-state index is 13.4. The molecule has 3 rings (SSSR count). The minimum absolute atomic E-state index is 0.0210. The predicted molar refractivity (Wildman–Crippen MR) is 123 cm³/mol. The number of aromatic nitrogens is 2. The van der Waals surface area contributed by atoms with Gasteiger partial charge in [-0.2, -0.15) is 0 Å². The molecule has 1 aliphatic rings. The van der Waals surface area contributed by atoms with Crippen LogP contribution in [0.1, 0.15) is 73.5 Å². The summed E-state index contributed by atoms with van der Waals surface area (Å²) in [6.45, 7) is 3.29. The summed E-state index contributed by atoms with van der Waals surface area (Å²) in [4.78, 5) is 51.2. The predicted octanol–water partition coefficient (Wildman–Crippen LogP) is 2.12. The number of ether oxygens (including phenoxy) is 1. The van der Waals surface area contributed by atoms with Crippen LogP contribution in [0.2, 0.25) is 0 Å². The molecule has 9 nitrogen and oxygen atoms in total. The highest BCUT2D eigenvalue weighted by molar-refractivity contribution is 5.97. The van der Waals surface area contributed by atoms with Crippen LogP contribution < -0.4 is 16.6 Å². The lowest BCUT2D eigenvalue weighted by atomic mass is 9.95. The molecule has 178 valence electrons. The number of hydrogen-bond donors (Lipinski definition) is 2. The molecule has 33 heavy (non-hydrogen) atoms. The lowest BCUT2D eigenvalue weighted by Crippen LogP contribution is -2.46. The lowest BCUT2D eigenvalue weighted by Gasteiger charge is -2.26. The Kier molecular flexibility index (Phi) is 8.08. The molecule has 1 aliphatic carbocycles. The molecule has 0 bridgehead atoms. The molecule has 1 fully saturated rings. The average Bonchev–Trinajstić information content (AvgIpc) is 2.81. The third-order valence-electron chi connectivity index (χ3n) is 6.04. The van der Waals surface area contributed by atoms with Crippen LogP contribution in [0.4, 0.5) is 0 Å². The summed E-state index contributed by atoms with van der Waals surface area (Å²) in [6, 6.07) is 7.16. The number of carbonyl (C=O) groups excluding carboxylic acids is 2. The zero-order valence-electron chi connectivity index (χ0n) is 19.1. The molecule has 9 heteroatoms. The van der Waals surface area contributed by atoms with Gasteiger partial charge in [0.15, 0.2) is 5.56 Å². The highest BCUT2D eigenvalue weighted by Crippen LogP contribution is 2.30. The molecule has 2 N–H and O–H groups in total. The van der Waals surface area contributed by atoms with Crippen molar-refractivity contribution in [2.24, 2.45) is 0 Å². The Hall–Kier alpha value is -3.36. The van der Waals surface area contributed by atoms with Crippen LogP contribution >= 0.6 is 0 Å². The van der Waals surface area contributed by atoms with Gasteiger partial charge in [0.2, 0.25) is 5.88 Å². The van der Waals surface area contributed by atoms with Gasteiger partial charge in [-0.25, -0.2) is 4.79 Å². The van der Waals surface area contributed by atoms with Crippen molar-refractivity contribution in [1.29, 1.82) is 0 Å². The van der Waals surface area contributed by atoms with E-state index in [0.29, 0.717) is 19.3 Å². The number of esters is 1. The fourth-order valence-electron chi connectivity index (χ4n) is 4.34. The number of rotatable bonds is 8. The number of aromatic hydroxyl groups is 1. The molecular weight excluding hydrogens is 426 g/mol. The first-order valence-electron chi connectivity index (χ1n) is 11.5. The zero-order chi connectivity index (χ0) is 24.0. The number of nitrogens with one attached hydrogen (secondary N) is 1. The van der Waals surface area contributed by atoms with Gasteiger partial charge >= 0.3 is 11.7 Å². The van der Waals surface area contributed by atoms with E-state index in [-0.39, 0.29) is 19.2 Å². The molecule has 0 aliphatic heterocycles. The van der Waals surface area contributed by atoms with Crippen molar-refractivity contribution in [3.8, 4) is 5.88 Å². The maximum Gasteiger partial charge on any atom is 0.334 e. The van der Waals surface area contributed by atoms with E-state index in [1.54, 1.807) is 6.92 Å². The molecule has 2 aromatic rings. The Bertz CT molecular complexity index is 1130. The van der Waals surface area contributed by atoms with Crippen LogP contribution in [-0.2, 0) is 22.5 Å². The first kappa shape index (κ1) is 24.3. The van der Waals surface area contributed by atoms with Crippen molar-refractivity contribution in [3.63, 3.8) is 0 Å². The molecule has 0 saturated heterocycles. The lowest BCUT2D eigenvalue weighted by molar-refractivity contribution is -0.141. The molecule has 0 unspecified atom stereocenters. The first-order valence-corrected chi connectivity index (χ1v) is 11.5. The number of aryl methyl sites for hydroxylation is 1. The Labute approximate surface area is 192 Å². The third-order valence-corrected chi connectivity index (χ3v) is 6.04. The number of carbonyl (C=O) groups is 2. The van der Waals surface area contributed by atoms with Crippen molar-refractivity contribution in [3.05, 3.63) is 61.8 Å². The number of benzene rings is 1. The minimum Gasteiger partial charge on any atom is -0.494 e. The van der Waals surface area contributed by atoms with Gasteiger partial charge in [0.1, 0.15) is 6.54 Å². The standard InChI is InChI=1S/C24H31N3O6/c1-3-16-10-8-9-11-17(16)15-26-22(30)20(21(29)25-14-19(28)33-4-2)23(31)27(24(26)32)18-12-6-5-7-13-18/h8-11,18,31H,3-7,12-15H2,1-2H3,(H,25,29). The van der Waals surface area contributed by atoms with E-state index < -0.39 is 41.1 Å². The van der Waals surface area contributed by atoms with Gasteiger partial charge in [0.25, 0.3) is 11.5 Å². The first-order chi connectivity index (χ1) is 15.9. The van der Waals surface area contributed by atoms with E-state index in [4.69, 9.17) is 4.74 Å². The van der Waals surface area contributed by atoms with E-state index in [1.807, 2.05) is 31.2 Å². The molecule has 0 atom stereocenters. The second-order valence-corrected chi connectivity index (χ2v) is 8.14. The molecule has 1 aromatic carbocycles. The van der Waals surface area contributed by atoms with Gasteiger partial charge in [0, 0.05) is 6.04 Å². The maximum absolute atomic E-state index is 13.4. The summed E-state index contributed by atoms with van der Waals surface area (Å²) in [5.41, 5.74) is -0.306. The Morgan fingerprint density at radius 1 is 1.09 bits per heavy atom. The fourth-order valence-corrected chi connectivity index (χ4v) is 4.34. The van der Waals surface area contributed by atoms with Gasteiger partial charge < -0.3 is 15.2 Å². The Balaban J connectivity index is 2.10. The van der Waals surface area contributed by atoms with Crippen LogP contribution in [0.5, 0.6) is 5.88 Å². The second-order valence-electron chi connectivity index (χ2n) is 8.14. The van der Waals surface area contributed by atoms with Gasteiger partial charge in [-0.3, -0.25) is 23.5 Å². The number of hydrogen-bond acceptors (Lipinski definition) is 6. The smallest absolute Gasteiger partial charge is 0.334 e. The van der Waals surface area contributed by atoms with E-state index in [2.05, 4.69) is 5.32 Å². The van der Waals surface area contributed by atoms with Crippen LogP contribution in [0.3, 0.4) is 0 Å². The Morgan fingerprint density at radius 3 is 2.39 bits per heavy atom. The molecular formula is C24H31N3O6. The van der Waals surface area contributed by atoms with E-state index in [1.165, 1.54) is 4.57 Å². The van der Waals surface area contributed by atoms with Crippen LogP contribution in [0.25, 0.3) is 0 Å². The molecule has 1 aromatic heterocycles. The summed E-state index contributed by atoms with van der Waals surface area (Å²) < 4.78 is 6.98. The fraction of sp³-hybridized carbons (Fsp3) is 0.500. The topological polar surface area (TPSA) is 120 Å².